The van der Waals surface area contributed by atoms with E-state index in [4.69, 9.17) is 0 Å². The molecule has 6 heteroatoms. The molecular weight excluding hydrogens is 427 g/mol. The Bertz CT molecular complexity index is 576. The molecule has 0 radical (unpaired) electrons. The zero-order chi connectivity index (χ0) is 17.4. The largest absolute Gasteiger partial charge is 0.352 e. The maximum atomic E-state index is 12.1. The molecule has 140 valence electrons. The fourth-order valence-electron chi connectivity index (χ4n) is 3.06. The highest BCUT2D eigenvalue weighted by atomic mass is 127. The summed E-state index contributed by atoms with van der Waals surface area (Å²) < 4.78 is 0. The molecule has 0 bridgehead atoms. The molecule has 2 N–H and O–H groups in total. The van der Waals surface area contributed by atoms with Crippen molar-refractivity contribution in [3.8, 4) is 0 Å². The number of hydrogen-bond acceptors (Lipinski definition) is 2. The van der Waals surface area contributed by atoms with Crippen molar-refractivity contribution in [1.29, 1.82) is 0 Å². The van der Waals surface area contributed by atoms with Gasteiger partial charge in [-0.3, -0.25) is 9.79 Å². The van der Waals surface area contributed by atoms with Gasteiger partial charge in [0.05, 0.1) is 0 Å². The smallest absolute Gasteiger partial charge is 0.251 e. The second kappa shape index (κ2) is 11.3. The van der Waals surface area contributed by atoms with E-state index in [0.717, 1.165) is 31.0 Å². The van der Waals surface area contributed by atoms with Crippen LogP contribution < -0.4 is 10.6 Å². The number of likely N-dealkylation sites (tertiary alicyclic amines) is 1. The van der Waals surface area contributed by atoms with Crippen molar-refractivity contribution in [2.24, 2.45) is 10.9 Å². The monoisotopic (exact) mass is 458 g/mol. The van der Waals surface area contributed by atoms with Crippen LogP contribution in [0.2, 0.25) is 0 Å². The summed E-state index contributed by atoms with van der Waals surface area (Å²) in [4.78, 5) is 18.8. The molecule has 1 atom stereocenters. The van der Waals surface area contributed by atoms with E-state index in [2.05, 4.69) is 27.4 Å². The van der Waals surface area contributed by atoms with Crippen molar-refractivity contribution < 1.29 is 4.79 Å². The molecule has 0 saturated carbocycles. The summed E-state index contributed by atoms with van der Waals surface area (Å²) in [5.74, 6) is 1.65. The second-order valence-corrected chi connectivity index (χ2v) is 6.55. The number of carbonyl (C=O) groups is 1. The molecule has 1 amide bonds. The minimum Gasteiger partial charge on any atom is -0.352 e. The van der Waals surface area contributed by atoms with E-state index >= 15 is 0 Å². The van der Waals surface area contributed by atoms with Gasteiger partial charge in [-0.2, -0.15) is 0 Å². The summed E-state index contributed by atoms with van der Waals surface area (Å²) in [6.07, 6.45) is 3.45. The van der Waals surface area contributed by atoms with Crippen molar-refractivity contribution in [3.63, 3.8) is 0 Å². The highest BCUT2D eigenvalue weighted by Gasteiger charge is 2.19. The number of nitrogens with one attached hydrogen (secondary N) is 2. The predicted octanol–water partition coefficient (Wildman–Crippen LogP) is 3.25. The minimum absolute atomic E-state index is 0. The molecule has 0 aromatic heterocycles. The Hall–Kier alpha value is -1.31. The molecule has 2 rings (SSSR count). The number of piperidine rings is 1. The lowest BCUT2D eigenvalue weighted by molar-refractivity contribution is 0.0953. The summed E-state index contributed by atoms with van der Waals surface area (Å²) in [7, 11) is 1.83. The molecule has 1 aromatic rings. The van der Waals surface area contributed by atoms with Gasteiger partial charge in [0.15, 0.2) is 5.96 Å². The first-order valence-electron chi connectivity index (χ1n) is 8.96. The van der Waals surface area contributed by atoms with Crippen LogP contribution in [-0.2, 0) is 6.54 Å². The second-order valence-electron chi connectivity index (χ2n) is 6.55. The summed E-state index contributed by atoms with van der Waals surface area (Å²) in [6.45, 7) is 7.83. The molecular formula is C19H31IN4O. The number of aliphatic imine (C=N–C) groups is 1. The van der Waals surface area contributed by atoms with Crippen molar-refractivity contribution >= 4 is 35.8 Å². The van der Waals surface area contributed by atoms with Crippen molar-refractivity contribution in [3.05, 3.63) is 35.4 Å². The van der Waals surface area contributed by atoms with E-state index in [1.54, 1.807) is 0 Å². The van der Waals surface area contributed by atoms with Gasteiger partial charge in [-0.25, -0.2) is 0 Å². The van der Waals surface area contributed by atoms with Crippen LogP contribution in [0.15, 0.2) is 29.3 Å². The average molecular weight is 458 g/mol. The molecule has 1 unspecified atom stereocenters. The van der Waals surface area contributed by atoms with Gasteiger partial charge in [0.1, 0.15) is 0 Å². The molecule has 0 aliphatic carbocycles. The Morgan fingerprint density at radius 1 is 1.36 bits per heavy atom. The van der Waals surface area contributed by atoms with E-state index < -0.39 is 0 Å². The maximum absolute atomic E-state index is 12.1. The zero-order valence-corrected chi connectivity index (χ0v) is 17.9. The molecule has 1 aliphatic heterocycles. The lowest BCUT2D eigenvalue weighted by Crippen LogP contribution is -2.45. The fourth-order valence-corrected chi connectivity index (χ4v) is 3.06. The third kappa shape index (κ3) is 6.84. The van der Waals surface area contributed by atoms with E-state index in [-0.39, 0.29) is 29.9 Å². The SMILES string of the molecule is CCCNC(=O)c1cccc(CNC(=NC)N2CCCC(C)C2)c1.I. The van der Waals surface area contributed by atoms with E-state index in [1.807, 2.05) is 38.2 Å². The number of carbonyl (C=O) groups excluding carboxylic acids is 1. The van der Waals surface area contributed by atoms with Gasteiger partial charge in [0.25, 0.3) is 5.91 Å². The maximum Gasteiger partial charge on any atom is 0.251 e. The Kier molecular flexibility index (Phi) is 9.85. The quantitative estimate of drug-likeness (QED) is 0.405. The molecule has 1 aliphatic rings. The molecule has 1 aromatic carbocycles. The first-order valence-corrected chi connectivity index (χ1v) is 8.96. The highest BCUT2D eigenvalue weighted by molar-refractivity contribution is 14.0. The average Bonchev–Trinajstić information content (AvgIpc) is 2.60. The lowest BCUT2D eigenvalue weighted by atomic mass is 10.0. The van der Waals surface area contributed by atoms with Gasteiger partial charge in [0.2, 0.25) is 0 Å². The summed E-state index contributed by atoms with van der Waals surface area (Å²) in [6, 6.07) is 7.78. The van der Waals surface area contributed by atoms with Crippen molar-refractivity contribution in [2.45, 2.75) is 39.7 Å². The Labute approximate surface area is 168 Å². The number of amides is 1. The van der Waals surface area contributed by atoms with Gasteiger partial charge >= 0.3 is 0 Å². The van der Waals surface area contributed by atoms with Gasteiger partial charge in [0, 0.05) is 38.8 Å². The van der Waals surface area contributed by atoms with Gasteiger partial charge < -0.3 is 15.5 Å². The van der Waals surface area contributed by atoms with Crippen LogP contribution in [0.1, 0.15) is 49.0 Å². The van der Waals surface area contributed by atoms with Crippen LogP contribution >= 0.6 is 24.0 Å². The number of hydrogen-bond donors (Lipinski definition) is 2. The van der Waals surface area contributed by atoms with Gasteiger partial charge in [-0.05, 0) is 42.9 Å². The van der Waals surface area contributed by atoms with Crippen LogP contribution in [-0.4, -0.2) is 43.4 Å². The van der Waals surface area contributed by atoms with E-state index in [9.17, 15) is 4.79 Å². The number of nitrogens with zero attached hydrogens (tertiary/aromatic N) is 2. The third-order valence-electron chi connectivity index (χ3n) is 4.34. The van der Waals surface area contributed by atoms with Crippen molar-refractivity contribution in [2.75, 3.05) is 26.7 Å². The standard InChI is InChI=1S/C19H30N4O.HI/c1-4-10-21-18(24)17-9-5-8-16(12-17)13-22-19(20-3)23-11-6-7-15(2)14-23;/h5,8-9,12,15H,4,6-7,10-11,13-14H2,1-3H3,(H,20,22)(H,21,24);1H. The van der Waals surface area contributed by atoms with Crippen LogP contribution in [0.3, 0.4) is 0 Å². The van der Waals surface area contributed by atoms with Crippen molar-refractivity contribution in [1.82, 2.24) is 15.5 Å². The minimum atomic E-state index is -0.00654. The topological polar surface area (TPSA) is 56.7 Å². The van der Waals surface area contributed by atoms with E-state index in [1.165, 1.54) is 12.8 Å². The van der Waals surface area contributed by atoms with Crippen LogP contribution in [0.4, 0.5) is 0 Å². The van der Waals surface area contributed by atoms with E-state index in [0.29, 0.717) is 24.6 Å². The molecule has 5 nitrogen and oxygen atoms in total. The van der Waals surface area contributed by atoms with Crippen LogP contribution in [0.5, 0.6) is 0 Å². The van der Waals surface area contributed by atoms with Gasteiger partial charge in [-0.1, -0.05) is 26.0 Å². The normalized spacial score (nSPS) is 17.6. The number of guanidine groups is 1. The Balaban J connectivity index is 0.00000312. The first-order chi connectivity index (χ1) is 11.6. The van der Waals surface area contributed by atoms with Crippen LogP contribution in [0, 0.1) is 5.92 Å². The highest BCUT2D eigenvalue weighted by Crippen LogP contribution is 2.15. The Morgan fingerprint density at radius 2 is 2.16 bits per heavy atom. The Morgan fingerprint density at radius 3 is 2.84 bits per heavy atom. The molecule has 0 spiro atoms. The molecule has 1 saturated heterocycles. The fraction of sp³-hybridized carbons (Fsp3) is 0.579. The zero-order valence-electron chi connectivity index (χ0n) is 15.5. The first kappa shape index (κ1) is 21.7. The molecule has 25 heavy (non-hydrogen) atoms. The summed E-state index contributed by atoms with van der Waals surface area (Å²) >= 11 is 0. The predicted molar refractivity (Wildman–Crippen MR) is 115 cm³/mol. The number of rotatable bonds is 5. The van der Waals surface area contributed by atoms with Gasteiger partial charge in [-0.15, -0.1) is 24.0 Å². The summed E-state index contributed by atoms with van der Waals surface area (Å²) in [5.41, 5.74) is 1.80. The molecule has 1 heterocycles. The van der Waals surface area contributed by atoms with Crippen LogP contribution in [0.25, 0.3) is 0 Å². The number of benzene rings is 1. The summed E-state index contributed by atoms with van der Waals surface area (Å²) in [5, 5.41) is 6.35. The number of halogens is 1. The third-order valence-corrected chi connectivity index (χ3v) is 4.34. The lowest BCUT2D eigenvalue weighted by Gasteiger charge is -2.33. The molecule has 1 fully saturated rings.